The molecule has 8 heteroatoms. The molecule has 0 aliphatic carbocycles. The molecule has 8 nitrogen and oxygen atoms in total. The number of hydrogen-bond acceptors (Lipinski definition) is 7. The van der Waals surface area contributed by atoms with Crippen LogP contribution in [-0.4, -0.2) is 47.5 Å². The second-order valence-corrected chi connectivity index (χ2v) is 5.40. The predicted octanol–water partition coefficient (Wildman–Crippen LogP) is 2.19. The maximum atomic E-state index is 11.9. The van der Waals surface area contributed by atoms with Crippen LogP contribution in [0.2, 0.25) is 0 Å². The molecule has 0 spiro atoms. The maximum absolute atomic E-state index is 11.9. The monoisotopic (exact) mass is 354 g/mol. The molecule has 0 saturated heterocycles. The lowest BCUT2D eigenvalue weighted by Crippen LogP contribution is -2.05. The number of esters is 1. The van der Waals surface area contributed by atoms with Crippen LogP contribution in [-0.2, 0) is 11.3 Å². The number of carbonyl (C=O) groups excluding carboxylic acids is 1. The average Bonchev–Trinajstić information content (AvgIpc) is 3.16. The van der Waals surface area contributed by atoms with Crippen LogP contribution in [0.5, 0.6) is 11.5 Å². The van der Waals surface area contributed by atoms with E-state index in [1.54, 1.807) is 25.3 Å². The lowest BCUT2D eigenvalue weighted by Gasteiger charge is -2.07. The second kappa shape index (κ2) is 7.64. The molecule has 0 saturated carbocycles. The molecular weight excluding hydrogens is 336 g/mol. The smallest absolute Gasteiger partial charge is 0.341 e. The zero-order chi connectivity index (χ0) is 18.5. The summed E-state index contributed by atoms with van der Waals surface area (Å²) in [6, 6.07) is 12.7. The molecule has 0 unspecified atom stereocenters. The number of ether oxygens (including phenoxy) is 3. The van der Waals surface area contributed by atoms with Crippen molar-refractivity contribution >= 4 is 5.97 Å². The third kappa shape index (κ3) is 3.64. The standard InChI is InChI=1S/C18H18N4O4/c1-24-14-7-4-12(5-8-14)11-22-20-17(19-21-22)13-6-9-16(25-2)15(10-13)18(23)26-3/h4-10H,11H2,1-3H3. The fourth-order valence-corrected chi connectivity index (χ4v) is 2.44. The number of hydrogen-bond donors (Lipinski definition) is 0. The van der Waals surface area contributed by atoms with Crippen molar-refractivity contribution in [3.05, 3.63) is 53.6 Å². The quantitative estimate of drug-likeness (QED) is 0.627. The zero-order valence-electron chi connectivity index (χ0n) is 14.7. The normalized spacial score (nSPS) is 10.4. The Kier molecular flexibility index (Phi) is 5.12. The van der Waals surface area contributed by atoms with Crippen LogP contribution in [0.25, 0.3) is 11.4 Å². The van der Waals surface area contributed by atoms with Crippen molar-refractivity contribution in [2.45, 2.75) is 6.54 Å². The van der Waals surface area contributed by atoms with Gasteiger partial charge in [-0.2, -0.15) is 4.80 Å². The third-order valence-electron chi connectivity index (χ3n) is 3.80. The maximum Gasteiger partial charge on any atom is 0.341 e. The molecule has 0 aliphatic rings. The lowest BCUT2D eigenvalue weighted by atomic mass is 10.1. The highest BCUT2D eigenvalue weighted by Gasteiger charge is 2.16. The summed E-state index contributed by atoms with van der Waals surface area (Å²) >= 11 is 0. The van der Waals surface area contributed by atoms with Crippen molar-refractivity contribution in [2.75, 3.05) is 21.3 Å². The van der Waals surface area contributed by atoms with Gasteiger partial charge >= 0.3 is 5.97 Å². The molecule has 0 fully saturated rings. The molecule has 0 bridgehead atoms. The molecule has 0 amide bonds. The van der Waals surface area contributed by atoms with E-state index in [9.17, 15) is 4.79 Å². The Morgan fingerprint density at radius 1 is 1.04 bits per heavy atom. The van der Waals surface area contributed by atoms with E-state index >= 15 is 0 Å². The predicted molar refractivity (Wildman–Crippen MR) is 93.2 cm³/mol. The van der Waals surface area contributed by atoms with Crippen molar-refractivity contribution < 1.29 is 19.0 Å². The second-order valence-electron chi connectivity index (χ2n) is 5.40. The first-order valence-electron chi connectivity index (χ1n) is 7.82. The highest BCUT2D eigenvalue weighted by molar-refractivity contribution is 5.93. The molecule has 26 heavy (non-hydrogen) atoms. The zero-order valence-corrected chi connectivity index (χ0v) is 14.7. The SMILES string of the molecule is COC(=O)c1cc(-c2nnn(Cc3ccc(OC)cc3)n2)ccc1OC. The van der Waals surface area contributed by atoms with Crippen LogP contribution >= 0.6 is 0 Å². The fourth-order valence-electron chi connectivity index (χ4n) is 2.44. The summed E-state index contributed by atoms with van der Waals surface area (Å²) in [7, 11) is 4.43. The number of methoxy groups -OCH3 is 3. The van der Waals surface area contributed by atoms with Gasteiger partial charge in [-0.15, -0.1) is 10.2 Å². The molecule has 0 radical (unpaired) electrons. The van der Waals surface area contributed by atoms with Gasteiger partial charge < -0.3 is 14.2 Å². The van der Waals surface area contributed by atoms with Crippen LogP contribution < -0.4 is 9.47 Å². The summed E-state index contributed by atoms with van der Waals surface area (Å²) in [5.41, 5.74) is 1.96. The number of nitrogens with zero attached hydrogens (tertiary/aromatic N) is 4. The minimum Gasteiger partial charge on any atom is -0.497 e. The number of tetrazole rings is 1. The van der Waals surface area contributed by atoms with Gasteiger partial charge in [0.15, 0.2) is 0 Å². The summed E-state index contributed by atoms with van der Waals surface area (Å²) in [6.07, 6.45) is 0. The van der Waals surface area contributed by atoms with Crippen LogP contribution in [0.3, 0.4) is 0 Å². The molecule has 3 rings (SSSR count). The summed E-state index contributed by atoms with van der Waals surface area (Å²) < 4.78 is 15.1. The summed E-state index contributed by atoms with van der Waals surface area (Å²) in [5.74, 6) is 1.13. The summed E-state index contributed by atoms with van der Waals surface area (Å²) in [6.45, 7) is 0.469. The van der Waals surface area contributed by atoms with E-state index in [0.29, 0.717) is 29.2 Å². The van der Waals surface area contributed by atoms with Crippen LogP contribution in [0.15, 0.2) is 42.5 Å². The van der Waals surface area contributed by atoms with Crippen molar-refractivity contribution in [3.8, 4) is 22.9 Å². The van der Waals surface area contributed by atoms with Gasteiger partial charge in [-0.05, 0) is 41.1 Å². The van der Waals surface area contributed by atoms with E-state index in [1.165, 1.54) is 19.0 Å². The minimum absolute atomic E-state index is 0.305. The van der Waals surface area contributed by atoms with Crippen molar-refractivity contribution in [1.82, 2.24) is 20.2 Å². The van der Waals surface area contributed by atoms with Crippen molar-refractivity contribution in [1.29, 1.82) is 0 Å². The number of aromatic nitrogens is 4. The van der Waals surface area contributed by atoms with Crippen LogP contribution in [0.1, 0.15) is 15.9 Å². The number of benzene rings is 2. The Balaban J connectivity index is 1.83. The molecule has 0 N–H and O–H groups in total. The molecule has 2 aromatic carbocycles. The van der Waals surface area contributed by atoms with Gasteiger partial charge in [0.05, 0.1) is 27.9 Å². The van der Waals surface area contributed by atoms with Crippen LogP contribution in [0.4, 0.5) is 0 Å². The average molecular weight is 354 g/mol. The van der Waals surface area contributed by atoms with E-state index in [2.05, 4.69) is 15.4 Å². The first kappa shape index (κ1) is 17.4. The molecule has 0 atom stereocenters. The van der Waals surface area contributed by atoms with Gasteiger partial charge in [0, 0.05) is 5.56 Å². The van der Waals surface area contributed by atoms with Gasteiger partial charge in [-0.1, -0.05) is 12.1 Å². The Morgan fingerprint density at radius 2 is 1.81 bits per heavy atom. The lowest BCUT2D eigenvalue weighted by molar-refractivity contribution is 0.0597. The molecule has 0 aliphatic heterocycles. The van der Waals surface area contributed by atoms with Crippen molar-refractivity contribution in [3.63, 3.8) is 0 Å². The van der Waals surface area contributed by atoms with Gasteiger partial charge in [-0.25, -0.2) is 4.79 Å². The fraction of sp³-hybridized carbons (Fsp3) is 0.222. The van der Waals surface area contributed by atoms with E-state index in [1.807, 2.05) is 24.3 Å². The van der Waals surface area contributed by atoms with Crippen molar-refractivity contribution in [2.24, 2.45) is 0 Å². The molecule has 134 valence electrons. The first-order valence-corrected chi connectivity index (χ1v) is 7.82. The highest BCUT2D eigenvalue weighted by atomic mass is 16.5. The van der Waals surface area contributed by atoms with Crippen LogP contribution in [0, 0.1) is 0 Å². The van der Waals surface area contributed by atoms with E-state index < -0.39 is 5.97 Å². The first-order chi connectivity index (χ1) is 12.6. The Labute approximate surface area is 150 Å². The highest BCUT2D eigenvalue weighted by Crippen LogP contribution is 2.25. The van der Waals surface area contributed by atoms with Gasteiger partial charge in [-0.3, -0.25) is 0 Å². The summed E-state index contributed by atoms with van der Waals surface area (Å²) in [5, 5.41) is 12.5. The molecule has 1 aromatic heterocycles. The Hall–Kier alpha value is -3.42. The van der Waals surface area contributed by atoms with Gasteiger partial charge in [0.25, 0.3) is 0 Å². The Morgan fingerprint density at radius 3 is 2.46 bits per heavy atom. The van der Waals surface area contributed by atoms with E-state index in [0.717, 1.165) is 11.3 Å². The molecular formula is C18H18N4O4. The third-order valence-corrected chi connectivity index (χ3v) is 3.80. The van der Waals surface area contributed by atoms with Gasteiger partial charge in [0.1, 0.15) is 17.1 Å². The topological polar surface area (TPSA) is 88.4 Å². The van der Waals surface area contributed by atoms with Gasteiger partial charge in [0.2, 0.25) is 5.82 Å². The summed E-state index contributed by atoms with van der Waals surface area (Å²) in [4.78, 5) is 13.4. The van der Waals surface area contributed by atoms with E-state index in [4.69, 9.17) is 14.2 Å². The molecule has 1 heterocycles. The number of carbonyl (C=O) groups is 1. The minimum atomic E-state index is -0.491. The Bertz CT molecular complexity index is 906. The number of rotatable bonds is 6. The molecule has 3 aromatic rings. The van der Waals surface area contributed by atoms with E-state index in [-0.39, 0.29) is 0 Å². The largest absolute Gasteiger partial charge is 0.497 e.